The zero-order valence-electron chi connectivity index (χ0n) is 14.4. The van der Waals surface area contributed by atoms with Crippen molar-refractivity contribution in [1.82, 2.24) is 9.97 Å². The van der Waals surface area contributed by atoms with Gasteiger partial charge in [0, 0.05) is 34.9 Å². The molecule has 0 spiro atoms. The molecule has 3 aromatic rings. The molecule has 1 aromatic carbocycles. The number of anilines is 1. The summed E-state index contributed by atoms with van der Waals surface area (Å²) in [6, 6.07) is 11.4. The normalized spacial score (nSPS) is 14.8. The van der Waals surface area contributed by atoms with Crippen molar-refractivity contribution in [3.8, 4) is 0 Å². The molecule has 1 saturated carbocycles. The largest absolute Gasteiger partial charge is 0.451 e. The minimum absolute atomic E-state index is 0.240. The number of para-hydroxylation sites is 1. The minimum Gasteiger partial charge on any atom is -0.451 e. The van der Waals surface area contributed by atoms with Gasteiger partial charge in [-0.05, 0) is 38.0 Å². The molecular formula is C20H19N3O3. The number of ketones is 1. The first-order valence-electron chi connectivity index (χ1n) is 8.66. The smallest absolute Gasteiger partial charge is 0.340 e. The van der Waals surface area contributed by atoms with Crippen LogP contribution in [-0.4, -0.2) is 33.9 Å². The lowest BCUT2D eigenvalue weighted by atomic mass is 10.1. The Hall–Kier alpha value is -3.15. The molecule has 4 rings (SSSR count). The van der Waals surface area contributed by atoms with E-state index >= 15 is 0 Å². The number of pyridine rings is 1. The van der Waals surface area contributed by atoms with Gasteiger partial charge in [-0.1, -0.05) is 18.2 Å². The Kier molecular flexibility index (Phi) is 4.16. The van der Waals surface area contributed by atoms with Gasteiger partial charge in [0.05, 0.1) is 5.56 Å². The van der Waals surface area contributed by atoms with Crippen LogP contribution in [0.15, 0.2) is 48.8 Å². The molecule has 0 amide bonds. The number of hydrogen-bond acceptors (Lipinski definition) is 5. The van der Waals surface area contributed by atoms with E-state index in [1.165, 1.54) is 6.20 Å². The summed E-state index contributed by atoms with van der Waals surface area (Å²) in [6.45, 7) is 1.58. The highest BCUT2D eigenvalue weighted by molar-refractivity contribution is 6.10. The number of Topliss-reactive ketones (excluding diaryl/α,β-unsaturated/α-hetero) is 1. The third kappa shape index (κ3) is 3.31. The average Bonchev–Trinajstić information content (AvgIpc) is 3.37. The van der Waals surface area contributed by atoms with E-state index in [1.54, 1.807) is 25.3 Å². The van der Waals surface area contributed by atoms with Crippen molar-refractivity contribution in [2.45, 2.75) is 31.9 Å². The Bertz CT molecular complexity index is 958. The zero-order chi connectivity index (χ0) is 18.1. The standard InChI is InChI=1S/C20H19N3O3/c1-12(19(24)16-11-21-17-5-3-2-4-15(16)17)26-20(25)13-6-9-18(22-10-13)23-14-7-8-14/h2-6,9-12,14,21H,7-8H2,1H3,(H,22,23). The molecule has 1 aliphatic rings. The van der Waals surface area contributed by atoms with Gasteiger partial charge in [0.25, 0.3) is 0 Å². The summed E-state index contributed by atoms with van der Waals surface area (Å²) in [5.41, 5.74) is 1.71. The number of nitrogens with zero attached hydrogens (tertiary/aromatic N) is 1. The van der Waals surface area contributed by atoms with Crippen molar-refractivity contribution in [3.05, 3.63) is 59.9 Å². The summed E-state index contributed by atoms with van der Waals surface area (Å²) < 4.78 is 5.34. The lowest BCUT2D eigenvalue weighted by Crippen LogP contribution is -2.24. The van der Waals surface area contributed by atoms with Crippen LogP contribution in [0.5, 0.6) is 0 Å². The molecule has 0 saturated heterocycles. The first-order chi connectivity index (χ1) is 12.6. The number of fused-ring (bicyclic) bond motifs is 1. The Morgan fingerprint density at radius 1 is 1.23 bits per heavy atom. The molecule has 0 bridgehead atoms. The van der Waals surface area contributed by atoms with Crippen LogP contribution in [0.1, 0.15) is 40.5 Å². The van der Waals surface area contributed by atoms with Gasteiger partial charge in [-0.15, -0.1) is 0 Å². The van der Waals surface area contributed by atoms with E-state index in [1.807, 2.05) is 24.3 Å². The topological polar surface area (TPSA) is 84.1 Å². The van der Waals surface area contributed by atoms with Gasteiger partial charge < -0.3 is 15.0 Å². The van der Waals surface area contributed by atoms with Gasteiger partial charge in [-0.25, -0.2) is 9.78 Å². The molecular weight excluding hydrogens is 330 g/mol. The highest BCUT2D eigenvalue weighted by atomic mass is 16.5. The van der Waals surface area contributed by atoms with Gasteiger partial charge in [0.1, 0.15) is 5.82 Å². The Balaban J connectivity index is 1.44. The average molecular weight is 349 g/mol. The molecule has 0 radical (unpaired) electrons. The summed E-state index contributed by atoms with van der Waals surface area (Å²) >= 11 is 0. The number of ether oxygens (including phenoxy) is 1. The number of hydrogen-bond donors (Lipinski definition) is 2. The van der Waals surface area contributed by atoms with E-state index in [-0.39, 0.29) is 5.78 Å². The summed E-state index contributed by atoms with van der Waals surface area (Å²) in [5, 5.41) is 4.07. The Labute approximate surface area is 150 Å². The number of carbonyl (C=O) groups is 2. The molecule has 6 heteroatoms. The van der Waals surface area contributed by atoms with E-state index in [2.05, 4.69) is 15.3 Å². The Morgan fingerprint density at radius 3 is 2.77 bits per heavy atom. The molecule has 1 fully saturated rings. The van der Waals surface area contributed by atoms with Gasteiger partial charge in [-0.3, -0.25) is 4.79 Å². The molecule has 1 aliphatic carbocycles. The van der Waals surface area contributed by atoms with Crippen LogP contribution in [0, 0.1) is 0 Å². The van der Waals surface area contributed by atoms with Crippen LogP contribution in [0.3, 0.4) is 0 Å². The minimum atomic E-state index is -0.883. The second kappa shape index (κ2) is 6.63. The maximum atomic E-state index is 12.6. The maximum absolute atomic E-state index is 12.6. The van der Waals surface area contributed by atoms with E-state index in [0.29, 0.717) is 17.2 Å². The molecule has 1 unspecified atom stereocenters. The third-order valence-corrected chi connectivity index (χ3v) is 4.44. The highest BCUT2D eigenvalue weighted by Gasteiger charge is 2.24. The number of aromatic nitrogens is 2. The van der Waals surface area contributed by atoms with Gasteiger partial charge in [0.2, 0.25) is 5.78 Å². The number of benzene rings is 1. The molecule has 132 valence electrons. The number of aromatic amines is 1. The van der Waals surface area contributed by atoms with E-state index < -0.39 is 12.1 Å². The Morgan fingerprint density at radius 2 is 2.04 bits per heavy atom. The second-order valence-corrected chi connectivity index (χ2v) is 6.51. The number of carbonyl (C=O) groups excluding carboxylic acids is 2. The molecule has 2 N–H and O–H groups in total. The quantitative estimate of drug-likeness (QED) is 0.525. The molecule has 1 atom stereocenters. The van der Waals surface area contributed by atoms with Gasteiger partial charge in [-0.2, -0.15) is 0 Å². The number of nitrogens with one attached hydrogen (secondary N) is 2. The molecule has 2 heterocycles. The first-order valence-corrected chi connectivity index (χ1v) is 8.66. The van der Waals surface area contributed by atoms with E-state index in [4.69, 9.17) is 4.74 Å². The SMILES string of the molecule is CC(OC(=O)c1ccc(NC2CC2)nc1)C(=O)c1c[nH]c2ccccc12. The number of esters is 1. The molecule has 0 aliphatic heterocycles. The predicted molar refractivity (Wildman–Crippen MR) is 98.4 cm³/mol. The molecule has 6 nitrogen and oxygen atoms in total. The summed E-state index contributed by atoms with van der Waals surface area (Å²) in [7, 11) is 0. The third-order valence-electron chi connectivity index (χ3n) is 4.44. The number of rotatable bonds is 6. The first kappa shape index (κ1) is 16.3. The zero-order valence-corrected chi connectivity index (χ0v) is 14.4. The van der Waals surface area contributed by atoms with Crippen LogP contribution >= 0.6 is 0 Å². The van der Waals surface area contributed by atoms with E-state index in [0.717, 1.165) is 29.6 Å². The fourth-order valence-corrected chi connectivity index (χ4v) is 2.81. The van der Waals surface area contributed by atoms with Crippen LogP contribution in [-0.2, 0) is 4.74 Å². The van der Waals surface area contributed by atoms with Crippen molar-refractivity contribution >= 4 is 28.5 Å². The lowest BCUT2D eigenvalue weighted by molar-refractivity contribution is 0.0319. The van der Waals surface area contributed by atoms with Crippen LogP contribution in [0.2, 0.25) is 0 Å². The van der Waals surface area contributed by atoms with Crippen molar-refractivity contribution in [1.29, 1.82) is 0 Å². The van der Waals surface area contributed by atoms with Crippen LogP contribution < -0.4 is 5.32 Å². The number of H-pyrrole nitrogens is 1. The molecule has 2 aromatic heterocycles. The van der Waals surface area contributed by atoms with E-state index in [9.17, 15) is 9.59 Å². The summed E-state index contributed by atoms with van der Waals surface area (Å²) in [6.07, 6.45) is 4.54. The van der Waals surface area contributed by atoms with Crippen molar-refractivity contribution in [2.24, 2.45) is 0 Å². The summed E-state index contributed by atoms with van der Waals surface area (Å²) in [4.78, 5) is 32.2. The lowest BCUT2D eigenvalue weighted by Gasteiger charge is -2.12. The van der Waals surface area contributed by atoms with Gasteiger partial charge in [0.15, 0.2) is 6.10 Å². The fourth-order valence-electron chi connectivity index (χ4n) is 2.81. The fraction of sp³-hybridized carbons (Fsp3) is 0.250. The highest BCUT2D eigenvalue weighted by Crippen LogP contribution is 2.24. The van der Waals surface area contributed by atoms with Crippen molar-refractivity contribution in [2.75, 3.05) is 5.32 Å². The second-order valence-electron chi connectivity index (χ2n) is 6.51. The maximum Gasteiger partial charge on any atom is 0.340 e. The van der Waals surface area contributed by atoms with Crippen LogP contribution in [0.4, 0.5) is 5.82 Å². The summed E-state index contributed by atoms with van der Waals surface area (Å²) in [5.74, 6) is -0.0566. The van der Waals surface area contributed by atoms with Gasteiger partial charge >= 0.3 is 5.97 Å². The monoisotopic (exact) mass is 349 g/mol. The molecule has 26 heavy (non-hydrogen) atoms. The van der Waals surface area contributed by atoms with Crippen LogP contribution in [0.25, 0.3) is 10.9 Å². The van der Waals surface area contributed by atoms with Crippen molar-refractivity contribution < 1.29 is 14.3 Å². The predicted octanol–water partition coefficient (Wildman–Crippen LogP) is 3.57. The van der Waals surface area contributed by atoms with Crippen molar-refractivity contribution in [3.63, 3.8) is 0 Å².